The van der Waals surface area contributed by atoms with E-state index in [1.807, 2.05) is 12.1 Å². The van der Waals surface area contributed by atoms with Gasteiger partial charge in [0, 0.05) is 47.9 Å². The number of carbonyl (C=O) groups is 2. The van der Waals surface area contributed by atoms with Gasteiger partial charge in [-0.3, -0.25) is 14.2 Å². The second-order valence-electron chi connectivity index (χ2n) is 6.48. The Balaban J connectivity index is 1.44. The van der Waals surface area contributed by atoms with Crippen LogP contribution >= 0.6 is 0 Å². The number of benzene rings is 1. The minimum atomic E-state index is -0.210. The number of hydrogen-bond acceptors (Lipinski definition) is 4. The van der Waals surface area contributed by atoms with Crippen LogP contribution in [0, 0.1) is 5.92 Å². The van der Waals surface area contributed by atoms with E-state index in [0.717, 1.165) is 24.2 Å². The molecule has 0 unspecified atom stereocenters. The molecular weight excluding hydrogens is 342 g/mol. The molecule has 1 aliphatic rings. The number of pyridine rings is 1. The zero-order valence-corrected chi connectivity index (χ0v) is 14.6. The highest BCUT2D eigenvalue weighted by atomic mass is 16.2. The largest absolute Gasteiger partial charge is 0.348 e. The summed E-state index contributed by atoms with van der Waals surface area (Å²) in [6, 6.07) is 10.7. The molecule has 0 atom stereocenters. The van der Waals surface area contributed by atoms with Crippen LogP contribution in [0.2, 0.25) is 0 Å². The Hall–Kier alpha value is -3.48. The topological polar surface area (TPSA) is 88.9 Å². The second kappa shape index (κ2) is 7.41. The highest BCUT2D eigenvalue weighted by Crippen LogP contribution is 2.30. The van der Waals surface area contributed by atoms with Crippen molar-refractivity contribution in [1.82, 2.24) is 19.9 Å². The summed E-state index contributed by atoms with van der Waals surface area (Å²) in [6.45, 7) is 0.332. The summed E-state index contributed by atoms with van der Waals surface area (Å²) < 4.78 is 1.80. The van der Waals surface area contributed by atoms with Crippen molar-refractivity contribution in [2.45, 2.75) is 19.4 Å². The molecule has 2 amide bonds. The van der Waals surface area contributed by atoms with Gasteiger partial charge in [0.25, 0.3) is 5.91 Å². The average molecular weight is 361 g/mol. The van der Waals surface area contributed by atoms with Gasteiger partial charge in [-0.2, -0.15) is 0 Å². The molecule has 1 aromatic carbocycles. The molecule has 1 fully saturated rings. The highest BCUT2D eigenvalue weighted by molar-refractivity contribution is 5.98. The van der Waals surface area contributed by atoms with Gasteiger partial charge in [0.05, 0.1) is 0 Å². The predicted octanol–water partition coefficient (Wildman–Crippen LogP) is 2.55. The third-order valence-corrected chi connectivity index (χ3v) is 4.40. The van der Waals surface area contributed by atoms with Crippen LogP contribution in [-0.2, 0) is 11.3 Å². The number of carbonyl (C=O) groups excluding carboxylic acids is 2. The van der Waals surface area contributed by atoms with E-state index in [1.54, 1.807) is 53.8 Å². The lowest BCUT2D eigenvalue weighted by molar-refractivity contribution is -0.117. The van der Waals surface area contributed by atoms with E-state index in [4.69, 9.17) is 0 Å². The standard InChI is InChI=1S/C20H19N5O2/c26-19(15-3-1-5-17(11-15)24-20(27)14-6-7-14)23-12-16-4-2-8-22-18(16)25-10-9-21-13-25/h1-5,8-11,13-14H,6-7,12H2,(H,23,26)(H,24,27). The summed E-state index contributed by atoms with van der Waals surface area (Å²) in [4.78, 5) is 32.8. The predicted molar refractivity (Wildman–Crippen MR) is 100 cm³/mol. The van der Waals surface area contributed by atoms with Crippen LogP contribution in [0.5, 0.6) is 0 Å². The van der Waals surface area contributed by atoms with Crippen LogP contribution in [-0.4, -0.2) is 26.3 Å². The lowest BCUT2D eigenvalue weighted by atomic mass is 10.1. The number of anilines is 1. The van der Waals surface area contributed by atoms with Crippen LogP contribution in [0.3, 0.4) is 0 Å². The average Bonchev–Trinajstić information content (AvgIpc) is 3.41. The van der Waals surface area contributed by atoms with Crippen LogP contribution in [0.15, 0.2) is 61.3 Å². The Bertz CT molecular complexity index is 964. The molecule has 2 heterocycles. The molecule has 2 N–H and O–H groups in total. The van der Waals surface area contributed by atoms with E-state index in [9.17, 15) is 9.59 Å². The molecule has 1 aliphatic carbocycles. The minimum Gasteiger partial charge on any atom is -0.348 e. The van der Waals surface area contributed by atoms with Crippen LogP contribution < -0.4 is 10.6 Å². The molecule has 0 bridgehead atoms. The summed E-state index contributed by atoms with van der Waals surface area (Å²) in [5.74, 6) is 0.654. The molecule has 0 aliphatic heterocycles. The Morgan fingerprint density at radius 3 is 2.81 bits per heavy atom. The Labute approximate surface area is 156 Å². The molecule has 0 radical (unpaired) electrons. The lowest BCUT2D eigenvalue weighted by Gasteiger charge is -2.11. The van der Waals surface area contributed by atoms with E-state index in [2.05, 4.69) is 20.6 Å². The fourth-order valence-corrected chi connectivity index (χ4v) is 2.79. The molecule has 7 heteroatoms. The zero-order valence-electron chi connectivity index (χ0n) is 14.6. The third kappa shape index (κ3) is 4.03. The van der Waals surface area contributed by atoms with Gasteiger partial charge in [-0.1, -0.05) is 12.1 Å². The number of aromatic nitrogens is 3. The number of nitrogens with zero attached hydrogens (tertiary/aromatic N) is 3. The van der Waals surface area contributed by atoms with Gasteiger partial charge in [-0.05, 0) is 37.1 Å². The maximum Gasteiger partial charge on any atom is 0.251 e. The molecule has 1 saturated carbocycles. The smallest absolute Gasteiger partial charge is 0.251 e. The van der Waals surface area contributed by atoms with E-state index in [1.165, 1.54) is 0 Å². The van der Waals surface area contributed by atoms with Crippen molar-refractivity contribution in [3.63, 3.8) is 0 Å². The molecular formula is C20H19N5O2. The quantitative estimate of drug-likeness (QED) is 0.706. The Morgan fingerprint density at radius 2 is 2.04 bits per heavy atom. The lowest BCUT2D eigenvalue weighted by Crippen LogP contribution is -2.24. The van der Waals surface area contributed by atoms with Gasteiger partial charge in [0.15, 0.2) is 0 Å². The summed E-state index contributed by atoms with van der Waals surface area (Å²) >= 11 is 0. The first-order chi connectivity index (χ1) is 13.2. The van der Waals surface area contributed by atoms with Gasteiger partial charge in [0.1, 0.15) is 12.1 Å². The molecule has 4 rings (SSSR count). The minimum absolute atomic E-state index is 0.0212. The third-order valence-electron chi connectivity index (χ3n) is 4.40. The number of nitrogens with one attached hydrogen (secondary N) is 2. The van der Waals surface area contributed by atoms with Gasteiger partial charge < -0.3 is 10.6 Å². The molecule has 0 saturated heterocycles. The number of rotatable bonds is 6. The SMILES string of the molecule is O=C(NCc1cccnc1-n1ccnc1)c1cccc(NC(=O)C2CC2)c1. The van der Waals surface area contributed by atoms with E-state index < -0.39 is 0 Å². The Morgan fingerprint density at radius 1 is 1.15 bits per heavy atom. The number of hydrogen-bond donors (Lipinski definition) is 2. The summed E-state index contributed by atoms with van der Waals surface area (Å²) in [5, 5.41) is 5.77. The van der Waals surface area contributed by atoms with Gasteiger partial charge in [-0.25, -0.2) is 9.97 Å². The summed E-state index contributed by atoms with van der Waals surface area (Å²) in [7, 11) is 0. The highest BCUT2D eigenvalue weighted by Gasteiger charge is 2.29. The van der Waals surface area contributed by atoms with Gasteiger partial charge >= 0.3 is 0 Å². The van der Waals surface area contributed by atoms with Crippen molar-refractivity contribution in [1.29, 1.82) is 0 Å². The van der Waals surface area contributed by atoms with Crippen molar-refractivity contribution >= 4 is 17.5 Å². The number of amides is 2. The Kier molecular flexibility index (Phi) is 4.65. The van der Waals surface area contributed by atoms with Crippen molar-refractivity contribution in [3.8, 4) is 5.82 Å². The molecule has 7 nitrogen and oxygen atoms in total. The van der Waals surface area contributed by atoms with E-state index in [0.29, 0.717) is 17.8 Å². The van der Waals surface area contributed by atoms with Crippen LogP contribution in [0.4, 0.5) is 5.69 Å². The first kappa shape index (κ1) is 17.0. The van der Waals surface area contributed by atoms with Crippen molar-refractivity contribution < 1.29 is 9.59 Å². The second-order valence-corrected chi connectivity index (χ2v) is 6.48. The van der Waals surface area contributed by atoms with Crippen molar-refractivity contribution in [2.24, 2.45) is 5.92 Å². The zero-order chi connectivity index (χ0) is 18.6. The fourth-order valence-electron chi connectivity index (χ4n) is 2.79. The monoisotopic (exact) mass is 361 g/mol. The van der Waals surface area contributed by atoms with Gasteiger partial charge in [0.2, 0.25) is 5.91 Å². The first-order valence-electron chi connectivity index (χ1n) is 8.82. The van der Waals surface area contributed by atoms with Crippen molar-refractivity contribution in [2.75, 3.05) is 5.32 Å². The van der Waals surface area contributed by atoms with Gasteiger partial charge in [-0.15, -0.1) is 0 Å². The molecule has 27 heavy (non-hydrogen) atoms. The molecule has 2 aromatic heterocycles. The maximum absolute atomic E-state index is 12.5. The maximum atomic E-state index is 12.5. The van der Waals surface area contributed by atoms with E-state index >= 15 is 0 Å². The number of imidazole rings is 1. The molecule has 136 valence electrons. The summed E-state index contributed by atoms with van der Waals surface area (Å²) in [5.41, 5.74) is 2.01. The summed E-state index contributed by atoms with van der Waals surface area (Å²) in [6.07, 6.45) is 8.73. The fraction of sp³-hybridized carbons (Fsp3) is 0.200. The molecule has 3 aromatic rings. The van der Waals surface area contributed by atoms with Crippen LogP contribution in [0.25, 0.3) is 5.82 Å². The molecule has 0 spiro atoms. The van der Waals surface area contributed by atoms with Crippen LogP contribution in [0.1, 0.15) is 28.8 Å². The normalized spacial score (nSPS) is 13.2. The van der Waals surface area contributed by atoms with Crippen molar-refractivity contribution in [3.05, 3.63) is 72.4 Å². The first-order valence-corrected chi connectivity index (χ1v) is 8.82. The van der Waals surface area contributed by atoms with E-state index in [-0.39, 0.29) is 17.7 Å².